The van der Waals surface area contributed by atoms with Crippen LogP contribution in [-0.2, 0) is 6.61 Å². The lowest BCUT2D eigenvalue weighted by Crippen LogP contribution is -2.01. The molecule has 0 atom stereocenters. The number of rotatable bonds is 2. The molecular formula is C8H8ClF2NO. The second-order valence-electron chi connectivity index (χ2n) is 2.55. The van der Waals surface area contributed by atoms with Gasteiger partial charge in [-0.1, -0.05) is 11.6 Å². The van der Waals surface area contributed by atoms with Crippen LogP contribution in [0.25, 0.3) is 0 Å². The van der Waals surface area contributed by atoms with Gasteiger partial charge < -0.3 is 5.11 Å². The smallest absolute Gasteiger partial charge is 0.280 e. The van der Waals surface area contributed by atoms with E-state index in [0.29, 0.717) is 5.56 Å². The predicted octanol–water partition coefficient (Wildman–Crippen LogP) is 2.47. The van der Waals surface area contributed by atoms with E-state index < -0.39 is 18.7 Å². The Balaban J connectivity index is 3.30. The van der Waals surface area contributed by atoms with Crippen molar-refractivity contribution in [3.05, 3.63) is 28.0 Å². The third kappa shape index (κ3) is 1.95. The van der Waals surface area contributed by atoms with Crippen LogP contribution in [0.3, 0.4) is 0 Å². The quantitative estimate of drug-likeness (QED) is 0.808. The van der Waals surface area contributed by atoms with E-state index in [-0.39, 0.29) is 10.6 Å². The largest absolute Gasteiger partial charge is 0.392 e. The van der Waals surface area contributed by atoms with Crippen molar-refractivity contribution in [3.8, 4) is 0 Å². The van der Waals surface area contributed by atoms with Crippen molar-refractivity contribution in [2.75, 3.05) is 0 Å². The Kier molecular flexibility index (Phi) is 3.17. The molecule has 0 unspecified atom stereocenters. The highest BCUT2D eigenvalue weighted by Gasteiger charge is 2.17. The SMILES string of the molecule is Cc1c(Cl)cnc(C(F)F)c1CO. The first-order valence-corrected chi connectivity index (χ1v) is 3.98. The van der Waals surface area contributed by atoms with E-state index in [1.807, 2.05) is 0 Å². The van der Waals surface area contributed by atoms with Crippen molar-refractivity contribution in [1.82, 2.24) is 4.98 Å². The maximum Gasteiger partial charge on any atom is 0.280 e. The molecule has 0 spiro atoms. The Morgan fingerprint density at radius 3 is 2.69 bits per heavy atom. The van der Waals surface area contributed by atoms with E-state index in [0.717, 1.165) is 6.20 Å². The number of pyridine rings is 1. The van der Waals surface area contributed by atoms with Crippen LogP contribution in [0.4, 0.5) is 8.78 Å². The Morgan fingerprint density at radius 2 is 2.23 bits per heavy atom. The Labute approximate surface area is 79.2 Å². The maximum absolute atomic E-state index is 12.3. The molecule has 2 nitrogen and oxygen atoms in total. The molecule has 1 rings (SSSR count). The van der Waals surface area contributed by atoms with Gasteiger partial charge in [-0.2, -0.15) is 0 Å². The zero-order valence-electron chi connectivity index (χ0n) is 6.89. The summed E-state index contributed by atoms with van der Waals surface area (Å²) in [6.07, 6.45) is -1.52. The number of nitrogens with zero attached hydrogens (tertiary/aromatic N) is 1. The van der Waals surface area contributed by atoms with E-state index in [9.17, 15) is 8.78 Å². The van der Waals surface area contributed by atoms with Crippen LogP contribution in [-0.4, -0.2) is 10.1 Å². The summed E-state index contributed by atoms with van der Waals surface area (Å²) in [5.74, 6) is 0. The minimum Gasteiger partial charge on any atom is -0.392 e. The van der Waals surface area contributed by atoms with Crippen LogP contribution in [0.15, 0.2) is 6.20 Å². The summed E-state index contributed by atoms with van der Waals surface area (Å²) >= 11 is 5.65. The summed E-state index contributed by atoms with van der Waals surface area (Å²) in [6, 6.07) is 0. The van der Waals surface area contributed by atoms with Crippen molar-refractivity contribution in [3.63, 3.8) is 0 Å². The van der Waals surface area contributed by atoms with Crippen LogP contribution < -0.4 is 0 Å². The first-order chi connectivity index (χ1) is 6.07. The zero-order valence-corrected chi connectivity index (χ0v) is 7.65. The van der Waals surface area contributed by atoms with Gasteiger partial charge in [-0.3, -0.25) is 4.98 Å². The van der Waals surface area contributed by atoms with Crippen molar-refractivity contribution < 1.29 is 13.9 Å². The normalized spacial score (nSPS) is 10.9. The summed E-state index contributed by atoms with van der Waals surface area (Å²) in [4.78, 5) is 3.47. The minimum absolute atomic E-state index is 0.113. The number of hydrogen-bond acceptors (Lipinski definition) is 2. The minimum atomic E-state index is -2.68. The Hall–Kier alpha value is -0.740. The van der Waals surface area contributed by atoms with Gasteiger partial charge in [0.05, 0.1) is 11.6 Å². The van der Waals surface area contributed by atoms with Crippen LogP contribution in [0.2, 0.25) is 5.02 Å². The standard InChI is InChI=1S/C8H8ClF2NO/c1-4-5(3-13)7(8(10)11)12-2-6(4)9/h2,8,13H,3H2,1H3. The summed E-state index contributed by atoms with van der Waals surface area (Å²) in [6.45, 7) is 1.10. The second kappa shape index (κ2) is 3.98. The fraction of sp³-hybridized carbons (Fsp3) is 0.375. The number of hydrogen-bond donors (Lipinski definition) is 1. The lowest BCUT2D eigenvalue weighted by atomic mass is 10.1. The highest BCUT2D eigenvalue weighted by atomic mass is 35.5. The van der Waals surface area contributed by atoms with Gasteiger partial charge >= 0.3 is 0 Å². The van der Waals surface area contributed by atoms with E-state index >= 15 is 0 Å². The molecule has 0 amide bonds. The number of aliphatic hydroxyl groups is 1. The molecule has 1 aromatic heterocycles. The van der Waals surface area contributed by atoms with Gasteiger partial charge in [0.15, 0.2) is 0 Å². The molecule has 0 aromatic carbocycles. The van der Waals surface area contributed by atoms with Crippen molar-refractivity contribution in [1.29, 1.82) is 0 Å². The van der Waals surface area contributed by atoms with Crippen molar-refractivity contribution in [2.45, 2.75) is 20.0 Å². The number of halogens is 3. The molecule has 0 saturated heterocycles. The molecule has 0 aliphatic carbocycles. The van der Waals surface area contributed by atoms with E-state index in [1.165, 1.54) is 0 Å². The summed E-state index contributed by atoms with van der Waals surface area (Å²) in [7, 11) is 0. The van der Waals surface area contributed by atoms with Crippen LogP contribution >= 0.6 is 11.6 Å². The molecule has 13 heavy (non-hydrogen) atoms. The average molecular weight is 208 g/mol. The van der Waals surface area contributed by atoms with E-state index in [2.05, 4.69) is 4.98 Å². The molecule has 72 valence electrons. The molecule has 1 N–H and O–H groups in total. The van der Waals surface area contributed by atoms with Crippen LogP contribution in [0.5, 0.6) is 0 Å². The Morgan fingerprint density at radius 1 is 1.62 bits per heavy atom. The molecule has 0 saturated carbocycles. The molecule has 0 aliphatic rings. The molecule has 0 aliphatic heterocycles. The van der Waals surface area contributed by atoms with Gasteiger partial charge in [0.25, 0.3) is 6.43 Å². The third-order valence-electron chi connectivity index (χ3n) is 1.80. The number of aromatic nitrogens is 1. The van der Waals surface area contributed by atoms with Crippen molar-refractivity contribution >= 4 is 11.6 Å². The highest BCUT2D eigenvalue weighted by Crippen LogP contribution is 2.27. The third-order valence-corrected chi connectivity index (χ3v) is 2.18. The molecule has 0 bridgehead atoms. The topological polar surface area (TPSA) is 33.1 Å². The maximum atomic E-state index is 12.3. The summed E-state index contributed by atoms with van der Waals surface area (Å²) < 4.78 is 24.6. The van der Waals surface area contributed by atoms with E-state index in [1.54, 1.807) is 6.92 Å². The predicted molar refractivity (Wildman–Crippen MR) is 44.9 cm³/mol. The molecule has 1 heterocycles. The molecule has 0 radical (unpaired) electrons. The molecule has 0 fully saturated rings. The lowest BCUT2D eigenvalue weighted by molar-refractivity contribution is 0.141. The zero-order chi connectivity index (χ0) is 10.0. The van der Waals surface area contributed by atoms with E-state index in [4.69, 9.17) is 16.7 Å². The summed E-state index contributed by atoms with van der Waals surface area (Å²) in [5.41, 5.74) is 0.168. The van der Waals surface area contributed by atoms with Crippen molar-refractivity contribution in [2.24, 2.45) is 0 Å². The fourth-order valence-electron chi connectivity index (χ4n) is 1.02. The van der Waals surface area contributed by atoms with Gasteiger partial charge in [0.1, 0.15) is 5.69 Å². The highest BCUT2D eigenvalue weighted by molar-refractivity contribution is 6.31. The fourth-order valence-corrected chi connectivity index (χ4v) is 1.19. The first-order valence-electron chi connectivity index (χ1n) is 3.60. The molecule has 1 aromatic rings. The molecule has 5 heteroatoms. The number of aliphatic hydroxyl groups excluding tert-OH is 1. The monoisotopic (exact) mass is 207 g/mol. The second-order valence-corrected chi connectivity index (χ2v) is 2.96. The molecular weight excluding hydrogens is 200 g/mol. The van der Waals surface area contributed by atoms with Crippen LogP contribution in [0.1, 0.15) is 23.2 Å². The van der Waals surface area contributed by atoms with Gasteiger partial charge in [-0.25, -0.2) is 8.78 Å². The first kappa shape index (κ1) is 10.3. The summed E-state index contributed by atoms with van der Waals surface area (Å²) in [5, 5.41) is 9.13. The van der Waals surface area contributed by atoms with Gasteiger partial charge in [0.2, 0.25) is 0 Å². The van der Waals surface area contributed by atoms with Gasteiger partial charge in [0, 0.05) is 11.8 Å². The van der Waals surface area contributed by atoms with Gasteiger partial charge in [-0.15, -0.1) is 0 Å². The van der Waals surface area contributed by atoms with Gasteiger partial charge in [-0.05, 0) is 12.5 Å². The average Bonchev–Trinajstić information content (AvgIpc) is 2.09. The van der Waals surface area contributed by atoms with Crippen LogP contribution in [0, 0.1) is 6.92 Å². The number of alkyl halides is 2. The lowest BCUT2D eigenvalue weighted by Gasteiger charge is -2.09. The Bertz CT molecular complexity index is 317.